The SMILES string of the molecule is COC(=O)CC(c1c(O)cc(C)n(CCc2ccc(O)cc2)c1=O)C1CCCCC1. The number of nitrogens with zero attached hydrogens (tertiary/aromatic N) is 1. The minimum atomic E-state index is -0.361. The van der Waals surface area contributed by atoms with Gasteiger partial charge in [-0.05, 0) is 55.9 Å². The number of phenols is 1. The van der Waals surface area contributed by atoms with E-state index in [0.29, 0.717) is 24.2 Å². The molecule has 0 aliphatic heterocycles. The average Bonchev–Trinajstić information content (AvgIpc) is 2.74. The fraction of sp³-hybridized carbons (Fsp3) is 0.500. The van der Waals surface area contributed by atoms with Gasteiger partial charge in [0.2, 0.25) is 0 Å². The fourth-order valence-corrected chi connectivity index (χ4v) is 4.60. The third-order valence-corrected chi connectivity index (χ3v) is 6.29. The summed E-state index contributed by atoms with van der Waals surface area (Å²) in [5, 5.41) is 20.2. The van der Waals surface area contributed by atoms with Crippen LogP contribution in [-0.2, 0) is 22.5 Å². The Labute approximate surface area is 177 Å². The highest BCUT2D eigenvalue weighted by Gasteiger charge is 2.32. The second-order valence-corrected chi connectivity index (χ2v) is 8.24. The minimum absolute atomic E-state index is 0.0298. The third kappa shape index (κ3) is 5.04. The quantitative estimate of drug-likeness (QED) is 0.669. The van der Waals surface area contributed by atoms with Gasteiger partial charge in [0.15, 0.2) is 0 Å². The maximum absolute atomic E-state index is 13.5. The van der Waals surface area contributed by atoms with Crippen LogP contribution in [-0.4, -0.2) is 27.9 Å². The normalized spacial score (nSPS) is 15.7. The van der Waals surface area contributed by atoms with Crippen molar-refractivity contribution in [3.8, 4) is 11.5 Å². The van der Waals surface area contributed by atoms with E-state index in [1.807, 2.05) is 12.1 Å². The molecule has 1 aromatic carbocycles. The molecule has 1 fully saturated rings. The summed E-state index contributed by atoms with van der Waals surface area (Å²) >= 11 is 0. The summed E-state index contributed by atoms with van der Waals surface area (Å²) in [6.07, 6.45) is 5.93. The molecule has 1 aliphatic carbocycles. The monoisotopic (exact) mass is 413 g/mol. The van der Waals surface area contributed by atoms with E-state index in [9.17, 15) is 19.8 Å². The number of aromatic nitrogens is 1. The Bertz CT molecular complexity index is 926. The highest BCUT2D eigenvalue weighted by Crippen LogP contribution is 2.40. The summed E-state index contributed by atoms with van der Waals surface area (Å²) in [4.78, 5) is 25.6. The topological polar surface area (TPSA) is 88.8 Å². The maximum atomic E-state index is 13.5. The number of aromatic hydroxyl groups is 2. The standard InChI is InChI=1S/C24H31NO5/c1-16-14-21(27)23(20(15-22(28)30-2)18-6-4-3-5-7-18)24(29)25(16)13-12-17-8-10-19(26)11-9-17/h8-11,14,18,20,26-27H,3-7,12-13,15H2,1-2H3. The number of pyridine rings is 1. The second-order valence-electron chi connectivity index (χ2n) is 8.24. The van der Waals surface area contributed by atoms with Crippen molar-refractivity contribution >= 4 is 5.97 Å². The lowest BCUT2D eigenvalue weighted by Crippen LogP contribution is -2.31. The molecule has 1 saturated carbocycles. The zero-order chi connectivity index (χ0) is 21.7. The molecule has 1 aromatic heterocycles. The average molecular weight is 414 g/mol. The number of esters is 1. The molecule has 1 heterocycles. The van der Waals surface area contributed by atoms with Crippen molar-refractivity contribution in [2.45, 2.75) is 64.3 Å². The summed E-state index contributed by atoms with van der Waals surface area (Å²) in [6.45, 7) is 2.26. The van der Waals surface area contributed by atoms with E-state index in [1.54, 1.807) is 29.7 Å². The molecular formula is C24H31NO5. The lowest BCUT2D eigenvalue weighted by atomic mass is 9.75. The number of hydrogen-bond acceptors (Lipinski definition) is 5. The first kappa shape index (κ1) is 21.9. The first-order valence-corrected chi connectivity index (χ1v) is 10.7. The number of methoxy groups -OCH3 is 1. The van der Waals surface area contributed by atoms with E-state index in [1.165, 1.54) is 7.11 Å². The van der Waals surface area contributed by atoms with Crippen LogP contribution in [0.4, 0.5) is 0 Å². The Balaban J connectivity index is 1.94. The molecule has 2 aromatic rings. The summed E-state index contributed by atoms with van der Waals surface area (Å²) in [7, 11) is 1.35. The van der Waals surface area contributed by atoms with E-state index in [2.05, 4.69) is 0 Å². The lowest BCUT2D eigenvalue weighted by Gasteiger charge is -2.30. The first-order valence-electron chi connectivity index (χ1n) is 10.7. The molecule has 0 saturated heterocycles. The summed E-state index contributed by atoms with van der Waals surface area (Å²) < 4.78 is 6.57. The number of phenolic OH excluding ortho intramolecular Hbond substituents is 1. The summed E-state index contributed by atoms with van der Waals surface area (Å²) in [6, 6.07) is 8.55. The van der Waals surface area contributed by atoms with Crippen LogP contribution in [0.1, 0.15) is 61.3 Å². The maximum Gasteiger partial charge on any atom is 0.306 e. The van der Waals surface area contributed by atoms with Crippen molar-refractivity contribution in [1.29, 1.82) is 0 Å². The minimum Gasteiger partial charge on any atom is -0.508 e. The van der Waals surface area contributed by atoms with Crippen LogP contribution in [0, 0.1) is 12.8 Å². The smallest absolute Gasteiger partial charge is 0.306 e. The molecule has 0 radical (unpaired) electrons. The van der Waals surface area contributed by atoms with Gasteiger partial charge < -0.3 is 19.5 Å². The third-order valence-electron chi connectivity index (χ3n) is 6.29. The van der Waals surface area contributed by atoms with E-state index < -0.39 is 0 Å². The summed E-state index contributed by atoms with van der Waals surface area (Å²) in [5.74, 6) is -0.342. The van der Waals surface area contributed by atoms with E-state index in [0.717, 1.165) is 37.7 Å². The predicted octanol–water partition coefficient (Wildman–Crippen LogP) is 4.04. The van der Waals surface area contributed by atoms with Gasteiger partial charge in [-0.25, -0.2) is 0 Å². The largest absolute Gasteiger partial charge is 0.508 e. The van der Waals surface area contributed by atoms with Crippen LogP contribution in [0.25, 0.3) is 0 Å². The number of carbonyl (C=O) groups is 1. The Morgan fingerprint density at radius 1 is 1.17 bits per heavy atom. The molecule has 30 heavy (non-hydrogen) atoms. The van der Waals surface area contributed by atoms with Crippen molar-refractivity contribution in [1.82, 2.24) is 4.57 Å². The Morgan fingerprint density at radius 2 is 1.83 bits per heavy atom. The molecule has 2 N–H and O–H groups in total. The van der Waals surface area contributed by atoms with Gasteiger partial charge in [0.05, 0.1) is 19.1 Å². The van der Waals surface area contributed by atoms with Gasteiger partial charge >= 0.3 is 5.97 Å². The van der Waals surface area contributed by atoms with Crippen LogP contribution in [0.15, 0.2) is 35.1 Å². The van der Waals surface area contributed by atoms with E-state index >= 15 is 0 Å². The highest BCUT2D eigenvalue weighted by atomic mass is 16.5. The van der Waals surface area contributed by atoms with Crippen molar-refractivity contribution < 1.29 is 19.7 Å². The zero-order valence-electron chi connectivity index (χ0n) is 17.8. The van der Waals surface area contributed by atoms with E-state index in [-0.39, 0.29) is 41.3 Å². The molecule has 0 spiro atoms. The molecule has 1 unspecified atom stereocenters. The van der Waals surface area contributed by atoms with Crippen molar-refractivity contribution in [2.75, 3.05) is 7.11 Å². The lowest BCUT2D eigenvalue weighted by molar-refractivity contribution is -0.141. The Hall–Kier alpha value is -2.76. The van der Waals surface area contributed by atoms with Gasteiger partial charge in [0, 0.05) is 18.2 Å². The molecule has 162 valence electrons. The van der Waals surface area contributed by atoms with Gasteiger partial charge in [-0.3, -0.25) is 9.59 Å². The molecule has 0 bridgehead atoms. The highest BCUT2D eigenvalue weighted by molar-refractivity contribution is 5.70. The molecule has 1 atom stereocenters. The van der Waals surface area contributed by atoms with Crippen LogP contribution in [0.3, 0.4) is 0 Å². The van der Waals surface area contributed by atoms with E-state index in [4.69, 9.17) is 4.74 Å². The molecule has 6 heteroatoms. The van der Waals surface area contributed by atoms with Gasteiger partial charge in [-0.2, -0.15) is 0 Å². The molecule has 3 rings (SSSR count). The fourth-order valence-electron chi connectivity index (χ4n) is 4.60. The van der Waals surface area contributed by atoms with Gasteiger partial charge in [0.1, 0.15) is 11.5 Å². The Morgan fingerprint density at radius 3 is 2.47 bits per heavy atom. The van der Waals surface area contributed by atoms with Crippen molar-refractivity contribution in [3.05, 3.63) is 57.5 Å². The molecule has 6 nitrogen and oxygen atoms in total. The number of ether oxygens (including phenoxy) is 1. The molecule has 0 amide bonds. The Kier molecular flexibility index (Phi) is 7.19. The number of rotatable bonds is 7. The van der Waals surface area contributed by atoms with Crippen molar-refractivity contribution in [3.63, 3.8) is 0 Å². The number of benzene rings is 1. The predicted molar refractivity (Wildman–Crippen MR) is 115 cm³/mol. The van der Waals surface area contributed by atoms with Crippen LogP contribution < -0.4 is 5.56 Å². The molecule has 1 aliphatic rings. The van der Waals surface area contributed by atoms with Crippen molar-refractivity contribution in [2.24, 2.45) is 5.92 Å². The number of aryl methyl sites for hydroxylation is 2. The van der Waals surface area contributed by atoms with Gasteiger partial charge in [-0.1, -0.05) is 31.4 Å². The second kappa shape index (κ2) is 9.83. The first-order chi connectivity index (χ1) is 14.4. The van der Waals surface area contributed by atoms with Crippen LogP contribution in [0.5, 0.6) is 11.5 Å². The van der Waals surface area contributed by atoms with Crippen LogP contribution in [0.2, 0.25) is 0 Å². The van der Waals surface area contributed by atoms with Gasteiger partial charge in [0.25, 0.3) is 5.56 Å². The summed E-state index contributed by atoms with van der Waals surface area (Å²) in [5.41, 5.74) is 1.79. The molecular weight excluding hydrogens is 382 g/mol. The number of carbonyl (C=O) groups excluding carboxylic acids is 1. The number of hydrogen-bond donors (Lipinski definition) is 2. The van der Waals surface area contributed by atoms with Gasteiger partial charge in [-0.15, -0.1) is 0 Å². The van der Waals surface area contributed by atoms with Crippen LogP contribution >= 0.6 is 0 Å². The zero-order valence-corrected chi connectivity index (χ0v) is 17.8.